The largest absolute Gasteiger partial charge is 0.492 e. The van der Waals surface area contributed by atoms with E-state index >= 15 is 0 Å². The molecule has 0 saturated carbocycles. The van der Waals surface area contributed by atoms with Crippen LogP contribution in [0, 0.1) is 0 Å². The lowest BCUT2D eigenvalue weighted by Crippen LogP contribution is -2.16. The van der Waals surface area contributed by atoms with Crippen molar-refractivity contribution in [2.45, 2.75) is 26.3 Å². The summed E-state index contributed by atoms with van der Waals surface area (Å²) >= 11 is 5.85. The molecule has 0 atom stereocenters. The van der Waals surface area contributed by atoms with Crippen LogP contribution in [0.1, 0.15) is 25.3 Å². The molecule has 3 rings (SSSR count). The van der Waals surface area contributed by atoms with Crippen molar-refractivity contribution in [2.24, 2.45) is 0 Å². The van der Waals surface area contributed by atoms with Crippen LogP contribution in [-0.4, -0.2) is 21.1 Å². The maximum absolute atomic E-state index is 12.3. The topological polar surface area (TPSA) is 85.9 Å². The number of anilines is 1. The molecule has 0 radical (unpaired) electrons. The van der Waals surface area contributed by atoms with Gasteiger partial charge in [0.15, 0.2) is 0 Å². The number of ether oxygens (including phenoxy) is 1. The molecule has 3 N–H and O–H groups in total. The van der Waals surface area contributed by atoms with Crippen molar-refractivity contribution in [3.63, 3.8) is 0 Å². The smallest absolute Gasteiger partial charge is 0.276 e. The number of rotatable bonds is 5. The van der Waals surface area contributed by atoms with Gasteiger partial charge < -0.3 is 15.0 Å². The molecular formula is C17H19ClN4O2. The van der Waals surface area contributed by atoms with E-state index < -0.39 is 0 Å². The molecule has 126 valence electrons. The zero-order chi connectivity index (χ0) is 17.3. The van der Waals surface area contributed by atoms with E-state index in [2.05, 4.69) is 23.8 Å². The summed E-state index contributed by atoms with van der Waals surface area (Å²) in [5.41, 5.74) is 7.61. The number of hydrogen-bond acceptors (Lipinski definition) is 4. The first-order valence-electron chi connectivity index (χ1n) is 7.72. The fraction of sp³-hybridized carbons (Fsp3) is 0.294. The second-order valence-corrected chi connectivity index (χ2v) is 6.32. The lowest BCUT2D eigenvalue weighted by molar-refractivity contribution is 0.300. The van der Waals surface area contributed by atoms with E-state index in [-0.39, 0.29) is 17.4 Å². The monoisotopic (exact) mass is 346 g/mol. The number of halogens is 1. The minimum absolute atomic E-state index is 0.129. The molecule has 2 aromatic heterocycles. The third-order valence-corrected chi connectivity index (χ3v) is 4.06. The van der Waals surface area contributed by atoms with Crippen LogP contribution in [0.15, 0.2) is 35.3 Å². The summed E-state index contributed by atoms with van der Waals surface area (Å²) in [7, 11) is 0. The summed E-state index contributed by atoms with van der Waals surface area (Å²) in [6, 6.07) is 7.17. The van der Waals surface area contributed by atoms with Crippen molar-refractivity contribution in [1.29, 1.82) is 0 Å². The van der Waals surface area contributed by atoms with Crippen LogP contribution in [0.4, 0.5) is 5.95 Å². The Labute approximate surface area is 144 Å². The highest BCUT2D eigenvalue weighted by Crippen LogP contribution is 2.24. The number of benzene rings is 1. The first-order chi connectivity index (χ1) is 11.5. The van der Waals surface area contributed by atoms with Crippen LogP contribution in [0.25, 0.3) is 11.0 Å². The normalized spacial score (nSPS) is 11.3. The zero-order valence-electron chi connectivity index (χ0n) is 13.5. The number of hydrogen-bond donors (Lipinski definition) is 2. The fourth-order valence-electron chi connectivity index (χ4n) is 2.64. The molecule has 0 unspecified atom stereocenters. The molecule has 0 aliphatic carbocycles. The highest BCUT2D eigenvalue weighted by atomic mass is 35.5. The first-order valence-corrected chi connectivity index (χ1v) is 8.10. The number of nitrogens with zero attached hydrogens (tertiary/aromatic N) is 2. The maximum Gasteiger partial charge on any atom is 0.276 e. The second kappa shape index (κ2) is 6.57. The molecule has 0 spiro atoms. The van der Waals surface area contributed by atoms with Crippen molar-refractivity contribution >= 4 is 28.6 Å². The molecule has 0 aliphatic heterocycles. The van der Waals surface area contributed by atoms with Crippen molar-refractivity contribution in [1.82, 2.24) is 14.5 Å². The van der Waals surface area contributed by atoms with E-state index in [1.54, 1.807) is 12.1 Å². The number of nitrogens with one attached hydrogen (secondary N) is 1. The van der Waals surface area contributed by atoms with Crippen molar-refractivity contribution in [2.75, 3.05) is 12.3 Å². The van der Waals surface area contributed by atoms with E-state index in [4.69, 9.17) is 22.1 Å². The third-order valence-electron chi connectivity index (χ3n) is 3.81. The van der Waals surface area contributed by atoms with Crippen LogP contribution < -0.4 is 16.0 Å². The van der Waals surface area contributed by atoms with Gasteiger partial charge in [0.1, 0.15) is 23.4 Å². The molecule has 0 saturated heterocycles. The van der Waals surface area contributed by atoms with Crippen molar-refractivity contribution < 1.29 is 4.74 Å². The van der Waals surface area contributed by atoms with E-state index in [0.717, 1.165) is 11.3 Å². The highest BCUT2D eigenvalue weighted by Gasteiger charge is 2.16. The number of aromatic amines is 1. The van der Waals surface area contributed by atoms with Gasteiger partial charge in [-0.3, -0.25) is 9.78 Å². The Hall–Kier alpha value is -2.47. The zero-order valence-corrected chi connectivity index (χ0v) is 14.3. The van der Waals surface area contributed by atoms with Gasteiger partial charge in [0.2, 0.25) is 5.95 Å². The molecular weight excluding hydrogens is 328 g/mol. The number of fused-ring (bicyclic) bond motifs is 1. The lowest BCUT2D eigenvalue weighted by Gasteiger charge is -2.08. The van der Waals surface area contributed by atoms with Crippen LogP contribution in [0.2, 0.25) is 5.02 Å². The summed E-state index contributed by atoms with van der Waals surface area (Å²) in [5, 5.41) is 0.663. The van der Waals surface area contributed by atoms with Gasteiger partial charge >= 0.3 is 0 Å². The Morgan fingerprint density at radius 2 is 2.04 bits per heavy atom. The average Bonchev–Trinajstić information content (AvgIpc) is 2.88. The molecule has 2 heterocycles. The summed E-state index contributed by atoms with van der Waals surface area (Å²) in [6.07, 6.45) is 1.95. The Kier molecular flexibility index (Phi) is 4.49. The van der Waals surface area contributed by atoms with Crippen LogP contribution in [0.5, 0.6) is 5.75 Å². The standard InChI is InChI=1S/C17H19ClN4O2/c1-10(2)13-9-22(15-14(13)20-17(19)21-16(15)23)7-8-24-12-5-3-11(18)4-6-12/h3-6,9-10H,7-8H2,1-2H3,(H3,19,20,21,23). The first kappa shape index (κ1) is 16.4. The van der Waals surface area contributed by atoms with Crippen LogP contribution in [-0.2, 0) is 6.54 Å². The van der Waals surface area contributed by atoms with E-state index in [0.29, 0.717) is 29.2 Å². The van der Waals surface area contributed by atoms with Crippen molar-refractivity contribution in [3.05, 3.63) is 51.4 Å². The molecule has 0 fully saturated rings. The SMILES string of the molecule is CC(C)c1cn(CCOc2ccc(Cl)cc2)c2c(=O)[nH]c(N)nc12. The minimum atomic E-state index is -0.240. The molecule has 1 aromatic carbocycles. The minimum Gasteiger partial charge on any atom is -0.492 e. The van der Waals surface area contributed by atoms with Gasteiger partial charge in [-0.25, -0.2) is 4.98 Å². The van der Waals surface area contributed by atoms with E-state index in [1.165, 1.54) is 0 Å². The number of H-pyrrole nitrogens is 1. The van der Waals surface area contributed by atoms with E-state index in [9.17, 15) is 4.79 Å². The molecule has 24 heavy (non-hydrogen) atoms. The predicted molar refractivity (Wildman–Crippen MR) is 95.8 cm³/mol. The number of nitrogens with two attached hydrogens (primary N) is 1. The molecule has 0 bridgehead atoms. The molecule has 0 aliphatic rings. The van der Waals surface area contributed by atoms with Gasteiger partial charge in [0, 0.05) is 11.2 Å². The molecule has 3 aromatic rings. The fourth-order valence-corrected chi connectivity index (χ4v) is 2.76. The van der Waals surface area contributed by atoms with Crippen LogP contribution >= 0.6 is 11.6 Å². The summed E-state index contributed by atoms with van der Waals surface area (Å²) < 4.78 is 7.58. The summed E-state index contributed by atoms with van der Waals surface area (Å²) in [5.74, 6) is 1.10. The van der Waals surface area contributed by atoms with Gasteiger partial charge in [-0.15, -0.1) is 0 Å². The quantitative estimate of drug-likeness (QED) is 0.743. The van der Waals surface area contributed by atoms with Gasteiger partial charge in [0.25, 0.3) is 5.56 Å². The maximum atomic E-state index is 12.3. The van der Waals surface area contributed by atoms with Gasteiger partial charge in [-0.2, -0.15) is 0 Å². The van der Waals surface area contributed by atoms with Crippen molar-refractivity contribution in [3.8, 4) is 5.75 Å². The Morgan fingerprint density at radius 1 is 1.33 bits per heavy atom. The lowest BCUT2D eigenvalue weighted by atomic mass is 10.1. The Morgan fingerprint density at radius 3 is 2.71 bits per heavy atom. The van der Waals surface area contributed by atoms with Gasteiger partial charge in [-0.1, -0.05) is 25.4 Å². The molecule has 7 heteroatoms. The second-order valence-electron chi connectivity index (χ2n) is 5.88. The van der Waals surface area contributed by atoms with E-state index in [1.807, 2.05) is 22.9 Å². The average molecular weight is 347 g/mol. The Bertz CT molecular complexity index is 913. The molecule has 0 amide bonds. The summed E-state index contributed by atoms with van der Waals surface area (Å²) in [6.45, 7) is 5.07. The summed E-state index contributed by atoms with van der Waals surface area (Å²) in [4.78, 5) is 19.1. The number of aromatic nitrogens is 3. The number of nitrogen functional groups attached to an aromatic ring is 1. The third kappa shape index (κ3) is 3.23. The Balaban J connectivity index is 1.86. The predicted octanol–water partition coefficient (Wildman–Crippen LogP) is 3.16. The van der Waals surface area contributed by atoms with Gasteiger partial charge in [-0.05, 0) is 35.7 Å². The van der Waals surface area contributed by atoms with Crippen LogP contribution in [0.3, 0.4) is 0 Å². The van der Waals surface area contributed by atoms with Gasteiger partial charge in [0.05, 0.1) is 6.54 Å². The highest BCUT2D eigenvalue weighted by molar-refractivity contribution is 6.30. The molecule has 6 nitrogen and oxygen atoms in total.